The van der Waals surface area contributed by atoms with Crippen molar-refractivity contribution in [3.63, 3.8) is 0 Å². The maximum atomic E-state index is 5.49. The molecule has 3 heteroatoms. The Labute approximate surface area is 135 Å². The van der Waals surface area contributed by atoms with Crippen LogP contribution in [0, 0.1) is 13.8 Å². The van der Waals surface area contributed by atoms with Crippen molar-refractivity contribution in [3.8, 4) is 5.75 Å². The lowest BCUT2D eigenvalue weighted by molar-refractivity contribution is 0.406. The van der Waals surface area contributed by atoms with Crippen LogP contribution in [-0.2, 0) is 6.42 Å². The standard InChI is InChI=1S/C18H22BrNO/c1-12-5-8-18(21-4)15(9-12)11-17(20-3)14-6-7-16(19)13(2)10-14/h5-10,17,20H,11H2,1-4H3. The van der Waals surface area contributed by atoms with Gasteiger partial charge in [0.1, 0.15) is 5.75 Å². The Morgan fingerprint density at radius 1 is 1.14 bits per heavy atom. The summed E-state index contributed by atoms with van der Waals surface area (Å²) in [7, 11) is 3.73. The van der Waals surface area contributed by atoms with E-state index in [-0.39, 0.29) is 6.04 Å². The third kappa shape index (κ3) is 3.86. The van der Waals surface area contributed by atoms with E-state index in [1.54, 1.807) is 7.11 Å². The number of hydrogen-bond acceptors (Lipinski definition) is 2. The first kappa shape index (κ1) is 16.1. The van der Waals surface area contributed by atoms with Crippen LogP contribution in [0.15, 0.2) is 40.9 Å². The van der Waals surface area contributed by atoms with Gasteiger partial charge in [-0.3, -0.25) is 0 Å². The molecular weight excluding hydrogens is 326 g/mol. The average Bonchev–Trinajstić information content (AvgIpc) is 2.48. The number of hydrogen-bond donors (Lipinski definition) is 1. The van der Waals surface area contributed by atoms with Gasteiger partial charge in [0.2, 0.25) is 0 Å². The van der Waals surface area contributed by atoms with Crippen molar-refractivity contribution >= 4 is 15.9 Å². The van der Waals surface area contributed by atoms with Crippen LogP contribution in [0.5, 0.6) is 5.75 Å². The second-order valence-electron chi connectivity index (χ2n) is 5.37. The Hall–Kier alpha value is -1.32. The van der Waals surface area contributed by atoms with Gasteiger partial charge >= 0.3 is 0 Å². The Morgan fingerprint density at radius 3 is 2.52 bits per heavy atom. The van der Waals surface area contributed by atoms with E-state index >= 15 is 0 Å². The van der Waals surface area contributed by atoms with E-state index in [2.05, 4.69) is 65.4 Å². The van der Waals surface area contributed by atoms with Crippen molar-refractivity contribution in [2.45, 2.75) is 26.3 Å². The van der Waals surface area contributed by atoms with Gasteiger partial charge < -0.3 is 10.1 Å². The molecule has 1 atom stereocenters. The molecule has 0 saturated carbocycles. The molecule has 0 saturated heterocycles. The Kier molecular flexibility index (Phi) is 5.43. The van der Waals surface area contributed by atoms with E-state index in [9.17, 15) is 0 Å². The Bertz CT molecular complexity index is 625. The van der Waals surface area contributed by atoms with Crippen molar-refractivity contribution in [3.05, 3.63) is 63.1 Å². The van der Waals surface area contributed by atoms with Crippen molar-refractivity contribution in [1.82, 2.24) is 5.32 Å². The molecule has 0 radical (unpaired) electrons. The molecule has 1 N–H and O–H groups in total. The Morgan fingerprint density at radius 2 is 1.90 bits per heavy atom. The molecule has 112 valence electrons. The molecule has 2 aromatic rings. The van der Waals surface area contributed by atoms with E-state index in [0.29, 0.717) is 0 Å². The molecular formula is C18H22BrNO. The van der Waals surface area contributed by atoms with Gasteiger partial charge in [-0.05, 0) is 56.1 Å². The van der Waals surface area contributed by atoms with Crippen molar-refractivity contribution in [2.24, 2.45) is 0 Å². The van der Waals surface area contributed by atoms with Crippen molar-refractivity contribution < 1.29 is 4.74 Å². The molecule has 2 rings (SSSR count). The Balaban J connectivity index is 2.30. The van der Waals surface area contributed by atoms with Gasteiger partial charge in [-0.2, -0.15) is 0 Å². The minimum Gasteiger partial charge on any atom is -0.496 e. The molecule has 0 aromatic heterocycles. The van der Waals surface area contributed by atoms with Gasteiger partial charge in [0.15, 0.2) is 0 Å². The van der Waals surface area contributed by atoms with Gasteiger partial charge in [-0.25, -0.2) is 0 Å². The minimum absolute atomic E-state index is 0.271. The van der Waals surface area contributed by atoms with E-state index < -0.39 is 0 Å². The number of benzene rings is 2. The summed E-state index contributed by atoms with van der Waals surface area (Å²) in [5.41, 5.74) is 5.04. The molecule has 0 fully saturated rings. The van der Waals surface area contributed by atoms with Crippen molar-refractivity contribution in [1.29, 1.82) is 0 Å². The third-order valence-corrected chi connectivity index (χ3v) is 4.68. The van der Waals surface area contributed by atoms with Gasteiger partial charge in [0.05, 0.1) is 7.11 Å². The number of aryl methyl sites for hydroxylation is 2. The number of halogens is 1. The lowest BCUT2D eigenvalue weighted by Crippen LogP contribution is -2.19. The van der Waals surface area contributed by atoms with Gasteiger partial charge in [0.25, 0.3) is 0 Å². The summed E-state index contributed by atoms with van der Waals surface area (Å²) in [5, 5.41) is 3.41. The molecule has 21 heavy (non-hydrogen) atoms. The average molecular weight is 348 g/mol. The highest BCUT2D eigenvalue weighted by atomic mass is 79.9. The fourth-order valence-corrected chi connectivity index (χ4v) is 2.80. The second kappa shape index (κ2) is 7.10. The highest BCUT2D eigenvalue weighted by Gasteiger charge is 2.14. The molecule has 2 nitrogen and oxygen atoms in total. The fraction of sp³-hybridized carbons (Fsp3) is 0.333. The monoisotopic (exact) mass is 347 g/mol. The molecule has 1 unspecified atom stereocenters. The first-order valence-electron chi connectivity index (χ1n) is 7.12. The van der Waals surface area contributed by atoms with E-state index in [4.69, 9.17) is 4.74 Å². The van der Waals surface area contributed by atoms with Crippen LogP contribution in [-0.4, -0.2) is 14.2 Å². The first-order chi connectivity index (χ1) is 10.0. The van der Waals surface area contributed by atoms with Crippen LogP contribution in [0.1, 0.15) is 28.3 Å². The molecule has 0 spiro atoms. The fourth-order valence-electron chi connectivity index (χ4n) is 2.56. The third-order valence-electron chi connectivity index (χ3n) is 3.79. The number of rotatable bonds is 5. The summed E-state index contributed by atoms with van der Waals surface area (Å²) in [5.74, 6) is 0.953. The van der Waals surface area contributed by atoms with Crippen LogP contribution >= 0.6 is 15.9 Å². The van der Waals surface area contributed by atoms with Crippen LogP contribution < -0.4 is 10.1 Å². The van der Waals surface area contributed by atoms with Crippen LogP contribution in [0.3, 0.4) is 0 Å². The summed E-state index contributed by atoms with van der Waals surface area (Å²) in [6.45, 7) is 4.23. The number of methoxy groups -OCH3 is 1. The molecule has 2 aromatic carbocycles. The van der Waals surface area contributed by atoms with Crippen LogP contribution in [0.2, 0.25) is 0 Å². The lowest BCUT2D eigenvalue weighted by atomic mass is 9.96. The van der Waals surface area contributed by atoms with Crippen LogP contribution in [0.4, 0.5) is 0 Å². The van der Waals surface area contributed by atoms with E-state index in [1.807, 2.05) is 13.1 Å². The molecule has 0 amide bonds. The van der Waals surface area contributed by atoms with Gasteiger partial charge in [-0.15, -0.1) is 0 Å². The number of ether oxygens (including phenoxy) is 1. The first-order valence-corrected chi connectivity index (χ1v) is 7.91. The normalized spacial score (nSPS) is 12.2. The molecule has 0 aliphatic heterocycles. The zero-order valence-electron chi connectivity index (χ0n) is 13.0. The summed E-state index contributed by atoms with van der Waals surface area (Å²) in [6.07, 6.45) is 0.905. The summed E-state index contributed by atoms with van der Waals surface area (Å²) in [6, 6.07) is 13.1. The quantitative estimate of drug-likeness (QED) is 0.854. The largest absolute Gasteiger partial charge is 0.496 e. The summed E-state index contributed by atoms with van der Waals surface area (Å²) < 4.78 is 6.64. The predicted octanol–water partition coefficient (Wildman–Crippen LogP) is 4.58. The highest BCUT2D eigenvalue weighted by Crippen LogP contribution is 2.28. The van der Waals surface area contributed by atoms with E-state index in [0.717, 1.165) is 16.6 Å². The van der Waals surface area contributed by atoms with Gasteiger partial charge in [-0.1, -0.05) is 45.8 Å². The molecule has 0 heterocycles. The van der Waals surface area contributed by atoms with E-state index in [1.165, 1.54) is 22.3 Å². The zero-order chi connectivity index (χ0) is 15.4. The second-order valence-corrected chi connectivity index (χ2v) is 6.22. The smallest absolute Gasteiger partial charge is 0.122 e. The predicted molar refractivity (Wildman–Crippen MR) is 92.1 cm³/mol. The molecule has 0 bridgehead atoms. The van der Waals surface area contributed by atoms with Crippen LogP contribution in [0.25, 0.3) is 0 Å². The van der Waals surface area contributed by atoms with Gasteiger partial charge in [0, 0.05) is 10.5 Å². The number of nitrogens with one attached hydrogen (secondary N) is 1. The summed E-state index contributed by atoms with van der Waals surface area (Å²) >= 11 is 3.56. The zero-order valence-corrected chi connectivity index (χ0v) is 14.6. The maximum Gasteiger partial charge on any atom is 0.122 e. The highest BCUT2D eigenvalue weighted by molar-refractivity contribution is 9.10. The number of likely N-dealkylation sites (N-methyl/N-ethyl adjacent to an activating group) is 1. The maximum absolute atomic E-state index is 5.49. The molecule has 0 aliphatic carbocycles. The van der Waals surface area contributed by atoms with Crippen molar-refractivity contribution in [2.75, 3.05) is 14.2 Å². The lowest BCUT2D eigenvalue weighted by Gasteiger charge is -2.19. The topological polar surface area (TPSA) is 21.3 Å². The SMILES string of the molecule is CNC(Cc1cc(C)ccc1OC)c1ccc(Br)c(C)c1. The molecule has 0 aliphatic rings. The summed E-state index contributed by atoms with van der Waals surface area (Å²) in [4.78, 5) is 0. The minimum atomic E-state index is 0.271.